The van der Waals surface area contributed by atoms with E-state index in [4.69, 9.17) is 4.98 Å². The van der Waals surface area contributed by atoms with Crippen LogP contribution in [0.1, 0.15) is 36.0 Å². The summed E-state index contributed by atoms with van der Waals surface area (Å²) in [5, 5.41) is 6.24. The Labute approximate surface area is 174 Å². The summed E-state index contributed by atoms with van der Waals surface area (Å²) in [5.74, 6) is 1.68. The van der Waals surface area contributed by atoms with E-state index >= 15 is 0 Å². The SMILES string of the molecule is CCc1nc(N2CCC(C(=O)NCc3ccc(F)cc3)CC2)c2c(C)scc2n1. The molecule has 1 aliphatic rings. The molecule has 1 aliphatic heterocycles. The van der Waals surface area contributed by atoms with Crippen LogP contribution in [0.2, 0.25) is 0 Å². The summed E-state index contributed by atoms with van der Waals surface area (Å²) in [5.41, 5.74) is 1.93. The number of fused-ring (bicyclic) bond motifs is 1. The van der Waals surface area contributed by atoms with Gasteiger partial charge in [0.15, 0.2) is 0 Å². The molecule has 0 saturated carbocycles. The predicted molar refractivity (Wildman–Crippen MR) is 115 cm³/mol. The van der Waals surface area contributed by atoms with Crippen LogP contribution in [0.5, 0.6) is 0 Å². The molecule has 29 heavy (non-hydrogen) atoms. The Morgan fingerprint density at radius 3 is 2.66 bits per heavy atom. The van der Waals surface area contributed by atoms with E-state index < -0.39 is 0 Å². The summed E-state index contributed by atoms with van der Waals surface area (Å²) in [6.07, 6.45) is 2.40. The minimum absolute atomic E-state index is 0.00163. The molecular formula is C22H25FN4OS. The van der Waals surface area contributed by atoms with Gasteiger partial charge < -0.3 is 10.2 Å². The van der Waals surface area contributed by atoms with Crippen molar-refractivity contribution in [1.29, 1.82) is 0 Å². The highest BCUT2D eigenvalue weighted by Gasteiger charge is 2.27. The Balaban J connectivity index is 1.40. The molecule has 0 unspecified atom stereocenters. The van der Waals surface area contributed by atoms with Gasteiger partial charge in [-0.3, -0.25) is 4.79 Å². The van der Waals surface area contributed by atoms with Crippen molar-refractivity contribution in [3.8, 4) is 0 Å². The molecule has 4 rings (SSSR count). The maximum absolute atomic E-state index is 13.0. The lowest BCUT2D eigenvalue weighted by Crippen LogP contribution is -2.40. The van der Waals surface area contributed by atoms with Gasteiger partial charge in [0.05, 0.1) is 10.9 Å². The molecule has 0 bridgehead atoms. The number of rotatable bonds is 5. The van der Waals surface area contributed by atoms with E-state index in [1.165, 1.54) is 17.0 Å². The van der Waals surface area contributed by atoms with E-state index in [-0.39, 0.29) is 17.6 Å². The summed E-state index contributed by atoms with van der Waals surface area (Å²) in [7, 11) is 0. The van der Waals surface area contributed by atoms with Crippen molar-refractivity contribution in [2.24, 2.45) is 5.92 Å². The normalized spacial score (nSPS) is 15.1. The third kappa shape index (κ3) is 4.24. The third-order valence-electron chi connectivity index (χ3n) is 5.53. The van der Waals surface area contributed by atoms with E-state index in [9.17, 15) is 9.18 Å². The number of hydrogen-bond acceptors (Lipinski definition) is 5. The first-order valence-corrected chi connectivity index (χ1v) is 10.9. The van der Waals surface area contributed by atoms with Crippen LogP contribution < -0.4 is 10.2 Å². The average Bonchev–Trinajstić information content (AvgIpc) is 3.13. The quantitative estimate of drug-likeness (QED) is 0.681. The van der Waals surface area contributed by atoms with E-state index in [1.54, 1.807) is 23.5 Å². The van der Waals surface area contributed by atoms with Gasteiger partial charge in [-0.2, -0.15) is 0 Å². The summed E-state index contributed by atoms with van der Waals surface area (Å²) in [4.78, 5) is 25.6. The van der Waals surface area contributed by atoms with Crippen molar-refractivity contribution in [2.75, 3.05) is 18.0 Å². The van der Waals surface area contributed by atoms with Crippen molar-refractivity contribution < 1.29 is 9.18 Å². The Morgan fingerprint density at radius 1 is 1.24 bits per heavy atom. The highest BCUT2D eigenvalue weighted by molar-refractivity contribution is 7.11. The molecule has 0 spiro atoms. The smallest absolute Gasteiger partial charge is 0.223 e. The lowest BCUT2D eigenvalue weighted by Gasteiger charge is -2.32. The van der Waals surface area contributed by atoms with Crippen molar-refractivity contribution in [3.63, 3.8) is 0 Å². The molecule has 0 atom stereocenters. The monoisotopic (exact) mass is 412 g/mol. The number of piperidine rings is 1. The molecule has 0 radical (unpaired) electrons. The van der Waals surface area contributed by atoms with Gasteiger partial charge in [-0.15, -0.1) is 11.3 Å². The van der Waals surface area contributed by atoms with Crippen LogP contribution in [0, 0.1) is 18.7 Å². The van der Waals surface area contributed by atoms with Crippen LogP contribution in [0.15, 0.2) is 29.6 Å². The number of aryl methyl sites for hydroxylation is 2. The van der Waals surface area contributed by atoms with E-state index in [0.29, 0.717) is 6.54 Å². The lowest BCUT2D eigenvalue weighted by molar-refractivity contribution is -0.125. The minimum atomic E-state index is -0.265. The first-order chi connectivity index (χ1) is 14.0. The first-order valence-electron chi connectivity index (χ1n) is 10.1. The van der Waals surface area contributed by atoms with Crippen LogP contribution in [-0.4, -0.2) is 29.0 Å². The molecule has 1 fully saturated rings. The predicted octanol–water partition coefficient (Wildman–Crippen LogP) is 4.23. The van der Waals surface area contributed by atoms with Crippen molar-refractivity contribution >= 4 is 34.0 Å². The number of carbonyl (C=O) groups is 1. The van der Waals surface area contributed by atoms with Gasteiger partial charge in [0.2, 0.25) is 5.91 Å². The van der Waals surface area contributed by atoms with Gasteiger partial charge in [-0.25, -0.2) is 14.4 Å². The summed E-state index contributed by atoms with van der Waals surface area (Å²) >= 11 is 1.71. The second kappa shape index (κ2) is 8.45. The van der Waals surface area contributed by atoms with E-state index in [2.05, 4.69) is 34.4 Å². The van der Waals surface area contributed by atoms with Crippen LogP contribution in [0.25, 0.3) is 10.9 Å². The van der Waals surface area contributed by atoms with Gasteiger partial charge in [-0.05, 0) is 37.5 Å². The number of halogens is 1. The number of amides is 1. The van der Waals surface area contributed by atoms with Crippen molar-refractivity contribution in [1.82, 2.24) is 15.3 Å². The van der Waals surface area contributed by atoms with E-state index in [0.717, 1.165) is 60.5 Å². The fraction of sp³-hybridized carbons (Fsp3) is 0.409. The molecule has 5 nitrogen and oxygen atoms in total. The van der Waals surface area contributed by atoms with Crippen LogP contribution >= 0.6 is 11.3 Å². The third-order valence-corrected chi connectivity index (χ3v) is 6.42. The van der Waals surface area contributed by atoms with Crippen molar-refractivity contribution in [3.05, 3.63) is 51.7 Å². The van der Waals surface area contributed by atoms with Gasteiger partial charge in [0.1, 0.15) is 17.5 Å². The molecule has 7 heteroatoms. The number of nitrogens with one attached hydrogen (secondary N) is 1. The zero-order valence-electron chi connectivity index (χ0n) is 16.7. The van der Waals surface area contributed by atoms with Gasteiger partial charge >= 0.3 is 0 Å². The molecule has 1 saturated heterocycles. The second-order valence-corrected chi connectivity index (χ2v) is 8.56. The van der Waals surface area contributed by atoms with Crippen LogP contribution in [0.4, 0.5) is 10.2 Å². The number of hydrogen-bond donors (Lipinski definition) is 1. The molecule has 2 aromatic heterocycles. The summed E-state index contributed by atoms with van der Waals surface area (Å²) in [6, 6.07) is 6.24. The molecule has 1 aromatic carbocycles. The number of aromatic nitrogens is 2. The Morgan fingerprint density at radius 2 is 1.97 bits per heavy atom. The van der Waals surface area contributed by atoms with Gasteiger partial charge in [-0.1, -0.05) is 19.1 Å². The second-order valence-electron chi connectivity index (χ2n) is 7.47. The minimum Gasteiger partial charge on any atom is -0.356 e. The molecule has 1 N–H and O–H groups in total. The number of thiophene rings is 1. The highest BCUT2D eigenvalue weighted by Crippen LogP contribution is 2.33. The largest absolute Gasteiger partial charge is 0.356 e. The number of carbonyl (C=O) groups excluding carboxylic acids is 1. The molecule has 3 aromatic rings. The average molecular weight is 413 g/mol. The van der Waals surface area contributed by atoms with Gasteiger partial charge in [0.25, 0.3) is 0 Å². The van der Waals surface area contributed by atoms with Crippen LogP contribution in [-0.2, 0) is 17.8 Å². The van der Waals surface area contributed by atoms with Crippen LogP contribution in [0.3, 0.4) is 0 Å². The standard InChI is InChI=1S/C22H25FN4OS/c1-3-19-25-18-13-29-14(2)20(18)21(26-19)27-10-8-16(9-11-27)22(28)24-12-15-4-6-17(23)7-5-15/h4-7,13,16H,3,8-12H2,1-2H3,(H,24,28). The number of nitrogens with zero attached hydrogens (tertiary/aromatic N) is 3. The molecule has 1 amide bonds. The van der Waals surface area contributed by atoms with Crippen molar-refractivity contribution in [2.45, 2.75) is 39.7 Å². The first kappa shape index (κ1) is 19.8. The fourth-order valence-electron chi connectivity index (χ4n) is 3.82. The number of benzene rings is 1. The summed E-state index contributed by atoms with van der Waals surface area (Å²) in [6.45, 7) is 6.22. The van der Waals surface area contributed by atoms with E-state index in [1.807, 2.05) is 0 Å². The fourth-order valence-corrected chi connectivity index (χ4v) is 4.59. The maximum Gasteiger partial charge on any atom is 0.223 e. The highest BCUT2D eigenvalue weighted by atomic mass is 32.1. The molecular weight excluding hydrogens is 387 g/mol. The summed E-state index contributed by atoms with van der Waals surface area (Å²) < 4.78 is 13.0. The maximum atomic E-state index is 13.0. The topological polar surface area (TPSA) is 58.1 Å². The van der Waals surface area contributed by atoms with Gasteiger partial charge in [0, 0.05) is 42.2 Å². The zero-order chi connectivity index (χ0) is 20.4. The molecule has 152 valence electrons. The zero-order valence-corrected chi connectivity index (χ0v) is 17.6. The Bertz CT molecular complexity index is 1010. The lowest BCUT2D eigenvalue weighted by atomic mass is 9.95. The Hall–Kier alpha value is -2.54. The Kier molecular flexibility index (Phi) is 5.76. The number of anilines is 1. The molecule has 3 heterocycles. The molecule has 0 aliphatic carbocycles.